The molecule has 0 unspecified atom stereocenters. The van der Waals surface area contributed by atoms with Crippen molar-refractivity contribution in [2.75, 3.05) is 5.43 Å². The number of halogens is 1. The molecule has 0 saturated carbocycles. The van der Waals surface area contributed by atoms with Gasteiger partial charge in [0.15, 0.2) is 0 Å². The van der Waals surface area contributed by atoms with Gasteiger partial charge in [-0.3, -0.25) is 5.84 Å². The lowest BCUT2D eigenvalue weighted by atomic mass is 10.0. The summed E-state index contributed by atoms with van der Waals surface area (Å²) in [6, 6.07) is 14.3. The van der Waals surface area contributed by atoms with Gasteiger partial charge in [0.1, 0.15) is 0 Å². The molecule has 3 rings (SSSR count). The van der Waals surface area contributed by atoms with Crippen molar-refractivity contribution in [2.24, 2.45) is 5.84 Å². The average molecular weight is 342 g/mol. The minimum Gasteiger partial charge on any atom is -0.323 e. The molecule has 0 fully saturated rings. The number of nitrogen functional groups attached to an aromatic ring is 1. The number of benzene rings is 2. The summed E-state index contributed by atoms with van der Waals surface area (Å²) in [5.74, 6) is 5.78. The lowest BCUT2D eigenvalue weighted by molar-refractivity contribution is 1.26. The maximum absolute atomic E-state index is 5.78. The second-order valence-corrected chi connectivity index (χ2v) is 5.91. The zero-order valence-electron chi connectivity index (χ0n) is 11.9. The third-order valence-corrected chi connectivity index (χ3v) is 4.39. The van der Waals surface area contributed by atoms with E-state index in [1.54, 1.807) is 0 Å². The Labute approximate surface area is 132 Å². The monoisotopic (exact) mass is 341 g/mol. The van der Waals surface area contributed by atoms with E-state index in [4.69, 9.17) is 10.8 Å². The molecule has 106 valence electrons. The van der Waals surface area contributed by atoms with E-state index in [1.807, 2.05) is 31.2 Å². The van der Waals surface area contributed by atoms with Gasteiger partial charge in [0.2, 0.25) is 0 Å². The first-order valence-corrected chi connectivity index (χ1v) is 7.54. The minimum absolute atomic E-state index is 0.912. The average Bonchev–Trinajstić information content (AvgIpc) is 2.51. The number of pyridine rings is 1. The summed E-state index contributed by atoms with van der Waals surface area (Å²) >= 11 is 3.60. The molecule has 0 aliphatic heterocycles. The standard InChI is InChI=1S/C17H16BrN3/c1-10-8-9-13(18)14-15(10)20-16(11(2)17(14)21-19)12-6-4-3-5-7-12/h3-9H,19H2,1-2H3,(H,20,21). The van der Waals surface area contributed by atoms with Crippen molar-refractivity contribution in [3.05, 3.63) is 58.1 Å². The van der Waals surface area contributed by atoms with Crippen LogP contribution in [0.15, 0.2) is 46.9 Å². The Balaban J connectivity index is 2.44. The van der Waals surface area contributed by atoms with E-state index in [0.717, 1.165) is 43.4 Å². The van der Waals surface area contributed by atoms with Crippen LogP contribution in [0.2, 0.25) is 0 Å². The second-order valence-electron chi connectivity index (χ2n) is 5.06. The highest BCUT2D eigenvalue weighted by molar-refractivity contribution is 9.10. The van der Waals surface area contributed by atoms with Crippen molar-refractivity contribution in [1.29, 1.82) is 0 Å². The summed E-state index contributed by atoms with van der Waals surface area (Å²) in [4.78, 5) is 4.89. The SMILES string of the molecule is Cc1c(-c2ccccc2)nc2c(C)ccc(Br)c2c1NN. The van der Waals surface area contributed by atoms with Crippen molar-refractivity contribution >= 4 is 32.5 Å². The van der Waals surface area contributed by atoms with Gasteiger partial charge in [-0.25, -0.2) is 4.98 Å². The lowest BCUT2D eigenvalue weighted by Crippen LogP contribution is -2.10. The summed E-state index contributed by atoms with van der Waals surface area (Å²) in [6.45, 7) is 4.10. The Morgan fingerprint density at radius 3 is 2.43 bits per heavy atom. The smallest absolute Gasteiger partial charge is 0.0771 e. The summed E-state index contributed by atoms with van der Waals surface area (Å²) in [5.41, 5.74) is 8.93. The Bertz CT molecular complexity index is 813. The topological polar surface area (TPSA) is 50.9 Å². The number of anilines is 1. The fourth-order valence-electron chi connectivity index (χ4n) is 2.61. The molecule has 3 N–H and O–H groups in total. The maximum atomic E-state index is 5.78. The number of aromatic nitrogens is 1. The van der Waals surface area contributed by atoms with E-state index in [1.165, 1.54) is 0 Å². The Morgan fingerprint density at radius 1 is 1.05 bits per heavy atom. The highest BCUT2D eigenvalue weighted by Crippen LogP contribution is 2.37. The van der Waals surface area contributed by atoms with Gasteiger partial charge in [0.25, 0.3) is 0 Å². The van der Waals surface area contributed by atoms with Gasteiger partial charge >= 0.3 is 0 Å². The van der Waals surface area contributed by atoms with Crippen LogP contribution >= 0.6 is 15.9 Å². The van der Waals surface area contributed by atoms with E-state index in [-0.39, 0.29) is 0 Å². The van der Waals surface area contributed by atoms with E-state index < -0.39 is 0 Å². The van der Waals surface area contributed by atoms with Gasteiger partial charge in [0.05, 0.1) is 16.9 Å². The zero-order chi connectivity index (χ0) is 15.0. The van der Waals surface area contributed by atoms with Crippen LogP contribution in [0.3, 0.4) is 0 Å². The Morgan fingerprint density at radius 2 is 1.76 bits per heavy atom. The van der Waals surface area contributed by atoms with Gasteiger partial charge < -0.3 is 5.43 Å². The van der Waals surface area contributed by atoms with E-state index >= 15 is 0 Å². The van der Waals surface area contributed by atoms with Crippen LogP contribution in [0, 0.1) is 13.8 Å². The lowest BCUT2D eigenvalue weighted by Gasteiger charge is -2.16. The summed E-state index contributed by atoms with van der Waals surface area (Å²) in [6.07, 6.45) is 0. The Hall–Kier alpha value is -1.91. The van der Waals surface area contributed by atoms with Crippen LogP contribution in [0.25, 0.3) is 22.2 Å². The molecule has 0 radical (unpaired) electrons. The van der Waals surface area contributed by atoms with Crippen LogP contribution in [0.4, 0.5) is 5.69 Å². The number of hydrogen-bond donors (Lipinski definition) is 2. The molecule has 0 aliphatic rings. The van der Waals surface area contributed by atoms with Crippen molar-refractivity contribution < 1.29 is 0 Å². The quantitative estimate of drug-likeness (QED) is 0.530. The molecule has 0 atom stereocenters. The fourth-order valence-corrected chi connectivity index (χ4v) is 3.13. The molecule has 0 saturated heterocycles. The highest BCUT2D eigenvalue weighted by atomic mass is 79.9. The normalized spacial score (nSPS) is 10.9. The minimum atomic E-state index is 0.912. The van der Waals surface area contributed by atoms with E-state index in [2.05, 4.69) is 46.5 Å². The van der Waals surface area contributed by atoms with Crippen molar-refractivity contribution in [3.63, 3.8) is 0 Å². The van der Waals surface area contributed by atoms with Gasteiger partial charge in [-0.1, -0.05) is 52.3 Å². The first-order valence-electron chi connectivity index (χ1n) is 6.75. The largest absolute Gasteiger partial charge is 0.323 e. The number of hydrazine groups is 1. The van der Waals surface area contributed by atoms with Gasteiger partial charge in [-0.05, 0) is 25.5 Å². The van der Waals surface area contributed by atoms with Gasteiger partial charge in [-0.15, -0.1) is 0 Å². The summed E-state index contributed by atoms with van der Waals surface area (Å²) in [7, 11) is 0. The van der Waals surface area contributed by atoms with Crippen LogP contribution in [-0.2, 0) is 0 Å². The van der Waals surface area contributed by atoms with Gasteiger partial charge in [0, 0.05) is 21.0 Å². The first-order chi connectivity index (χ1) is 10.1. The predicted molar refractivity (Wildman–Crippen MR) is 92.2 cm³/mol. The van der Waals surface area contributed by atoms with Crippen molar-refractivity contribution in [1.82, 2.24) is 4.98 Å². The molecule has 0 aliphatic carbocycles. The highest BCUT2D eigenvalue weighted by Gasteiger charge is 2.15. The number of nitrogens with one attached hydrogen (secondary N) is 1. The molecule has 3 nitrogen and oxygen atoms in total. The van der Waals surface area contributed by atoms with Crippen LogP contribution < -0.4 is 11.3 Å². The molecular formula is C17H16BrN3. The predicted octanol–water partition coefficient (Wildman–Crippen LogP) is 4.57. The van der Waals surface area contributed by atoms with Crippen LogP contribution in [0.1, 0.15) is 11.1 Å². The number of aryl methyl sites for hydroxylation is 1. The number of fused-ring (bicyclic) bond motifs is 1. The molecule has 4 heteroatoms. The van der Waals surface area contributed by atoms with Crippen molar-refractivity contribution in [2.45, 2.75) is 13.8 Å². The number of hydrogen-bond acceptors (Lipinski definition) is 3. The van der Waals surface area contributed by atoms with E-state index in [0.29, 0.717) is 0 Å². The Kier molecular flexibility index (Phi) is 3.66. The summed E-state index contributed by atoms with van der Waals surface area (Å²) in [5, 5.41) is 1.02. The molecule has 0 bridgehead atoms. The molecular weight excluding hydrogens is 326 g/mol. The molecule has 1 aromatic heterocycles. The van der Waals surface area contributed by atoms with Gasteiger partial charge in [-0.2, -0.15) is 0 Å². The molecule has 1 heterocycles. The van der Waals surface area contributed by atoms with Crippen LogP contribution in [-0.4, -0.2) is 4.98 Å². The summed E-state index contributed by atoms with van der Waals surface area (Å²) < 4.78 is 0.992. The molecule has 3 aromatic rings. The second kappa shape index (κ2) is 5.47. The number of nitrogens with zero attached hydrogens (tertiary/aromatic N) is 1. The van der Waals surface area contributed by atoms with E-state index in [9.17, 15) is 0 Å². The number of rotatable bonds is 2. The number of nitrogens with two attached hydrogens (primary N) is 1. The molecule has 0 spiro atoms. The third-order valence-electron chi connectivity index (χ3n) is 3.72. The van der Waals surface area contributed by atoms with Crippen molar-refractivity contribution in [3.8, 4) is 11.3 Å². The molecule has 2 aromatic carbocycles. The molecule has 21 heavy (non-hydrogen) atoms. The first kappa shape index (κ1) is 14.0. The van der Waals surface area contributed by atoms with Crippen LogP contribution in [0.5, 0.6) is 0 Å². The zero-order valence-corrected chi connectivity index (χ0v) is 13.5. The fraction of sp³-hybridized carbons (Fsp3) is 0.118. The molecule has 0 amide bonds. The maximum Gasteiger partial charge on any atom is 0.0771 e. The third kappa shape index (κ3) is 2.30.